The van der Waals surface area contributed by atoms with Crippen LogP contribution in [0, 0.1) is 0 Å². The highest BCUT2D eigenvalue weighted by Gasteiger charge is 2.47. The molecule has 0 radical (unpaired) electrons. The zero-order valence-corrected chi connectivity index (χ0v) is 18.1. The minimum absolute atomic E-state index is 0.189. The van der Waals surface area contributed by atoms with Gasteiger partial charge in [-0.15, -0.1) is 0 Å². The lowest BCUT2D eigenvalue weighted by Crippen LogP contribution is -2.55. The van der Waals surface area contributed by atoms with Crippen LogP contribution in [0.15, 0.2) is 48.5 Å². The molecule has 0 aliphatic carbocycles. The number of nitrogen functional groups attached to an aromatic ring is 1. The number of nitrogens with two attached hydrogens (primary N) is 1. The normalized spacial score (nSPS) is 19.8. The maximum atomic E-state index is 13.5. The Labute approximate surface area is 190 Å². The molecule has 1 atom stereocenters. The molecule has 2 aliphatic heterocycles. The number of phenolic OH excluding ortho intramolecular Hbond substituents is 4. The van der Waals surface area contributed by atoms with E-state index >= 15 is 0 Å². The van der Waals surface area contributed by atoms with E-state index in [9.17, 15) is 25.2 Å². The van der Waals surface area contributed by atoms with Gasteiger partial charge in [-0.2, -0.15) is 0 Å². The number of aromatic hydroxyl groups is 4. The van der Waals surface area contributed by atoms with Gasteiger partial charge in [0.15, 0.2) is 23.0 Å². The zero-order valence-electron chi connectivity index (χ0n) is 18.1. The van der Waals surface area contributed by atoms with E-state index in [1.165, 1.54) is 6.07 Å². The molecular weight excluding hydrogens is 422 g/mol. The SMILES string of the molecule is CN1Cc2cc(O)c(O)cc2C2(C1)CN(C(=O)c1ccc(N)cc1)Cc1cc(O)c(O)cc12. The van der Waals surface area contributed by atoms with Crippen molar-refractivity contribution in [2.45, 2.75) is 18.5 Å². The number of amides is 1. The van der Waals surface area contributed by atoms with Crippen LogP contribution in [0.4, 0.5) is 5.69 Å². The van der Waals surface area contributed by atoms with Crippen LogP contribution in [0.1, 0.15) is 32.6 Å². The van der Waals surface area contributed by atoms with E-state index in [0.29, 0.717) is 29.9 Å². The molecule has 170 valence electrons. The van der Waals surface area contributed by atoms with Crippen molar-refractivity contribution < 1.29 is 25.2 Å². The molecular formula is C25H25N3O5. The number of carbonyl (C=O) groups is 1. The second kappa shape index (κ2) is 7.31. The lowest BCUT2D eigenvalue weighted by Gasteiger charge is -2.49. The molecule has 0 saturated heterocycles. The van der Waals surface area contributed by atoms with Gasteiger partial charge in [0.2, 0.25) is 0 Å². The Morgan fingerprint density at radius 1 is 0.818 bits per heavy atom. The average Bonchev–Trinajstić information content (AvgIpc) is 2.76. The number of phenols is 4. The largest absolute Gasteiger partial charge is 0.504 e. The van der Waals surface area contributed by atoms with E-state index in [1.807, 2.05) is 7.05 Å². The number of nitrogens with zero attached hydrogens (tertiary/aromatic N) is 2. The van der Waals surface area contributed by atoms with Crippen LogP contribution in [0.2, 0.25) is 0 Å². The van der Waals surface area contributed by atoms with Gasteiger partial charge in [0.1, 0.15) is 0 Å². The predicted octanol–water partition coefficient (Wildman–Crippen LogP) is 2.48. The number of hydrogen-bond acceptors (Lipinski definition) is 7. The van der Waals surface area contributed by atoms with Crippen LogP contribution >= 0.6 is 0 Å². The molecule has 33 heavy (non-hydrogen) atoms. The summed E-state index contributed by atoms with van der Waals surface area (Å²) < 4.78 is 0. The molecule has 0 aromatic heterocycles. The summed E-state index contributed by atoms with van der Waals surface area (Å²) >= 11 is 0. The van der Waals surface area contributed by atoms with Crippen LogP contribution in [-0.4, -0.2) is 56.3 Å². The van der Waals surface area contributed by atoms with Crippen molar-refractivity contribution in [1.82, 2.24) is 9.80 Å². The highest BCUT2D eigenvalue weighted by Crippen LogP contribution is 2.49. The molecule has 6 N–H and O–H groups in total. The Bertz CT molecular complexity index is 1270. The summed E-state index contributed by atoms with van der Waals surface area (Å²) in [6.07, 6.45) is 0. The van der Waals surface area contributed by atoms with E-state index in [4.69, 9.17) is 5.73 Å². The highest BCUT2D eigenvalue weighted by atomic mass is 16.3. The van der Waals surface area contributed by atoms with E-state index in [0.717, 1.165) is 16.7 Å². The first-order chi connectivity index (χ1) is 15.7. The maximum Gasteiger partial charge on any atom is 0.254 e. The Morgan fingerprint density at radius 3 is 1.91 bits per heavy atom. The molecule has 2 aliphatic rings. The van der Waals surface area contributed by atoms with Crippen molar-refractivity contribution in [2.75, 3.05) is 25.9 Å². The van der Waals surface area contributed by atoms with Crippen LogP contribution in [0.5, 0.6) is 23.0 Å². The third kappa shape index (κ3) is 3.30. The van der Waals surface area contributed by atoms with Gasteiger partial charge in [-0.1, -0.05) is 0 Å². The van der Waals surface area contributed by atoms with E-state index < -0.39 is 5.41 Å². The first kappa shape index (κ1) is 21.0. The smallest absolute Gasteiger partial charge is 0.254 e. The fraction of sp³-hybridized carbons (Fsp3) is 0.240. The highest BCUT2D eigenvalue weighted by molar-refractivity contribution is 5.95. The van der Waals surface area contributed by atoms with Gasteiger partial charge in [0.25, 0.3) is 5.91 Å². The van der Waals surface area contributed by atoms with Crippen LogP contribution in [0.25, 0.3) is 0 Å². The molecule has 8 nitrogen and oxygen atoms in total. The number of rotatable bonds is 1. The summed E-state index contributed by atoms with van der Waals surface area (Å²) in [5, 5.41) is 41.0. The van der Waals surface area contributed by atoms with Crippen molar-refractivity contribution in [3.63, 3.8) is 0 Å². The molecule has 3 aromatic rings. The van der Waals surface area contributed by atoms with Gasteiger partial charge >= 0.3 is 0 Å². The van der Waals surface area contributed by atoms with Crippen molar-refractivity contribution in [2.24, 2.45) is 0 Å². The zero-order chi connectivity index (χ0) is 23.5. The number of benzene rings is 3. The molecule has 1 unspecified atom stereocenters. The summed E-state index contributed by atoms with van der Waals surface area (Å²) in [6.45, 7) is 1.59. The molecule has 0 saturated carbocycles. The molecule has 1 amide bonds. The Balaban J connectivity index is 1.71. The number of anilines is 1. The van der Waals surface area contributed by atoms with Gasteiger partial charge in [0.05, 0.1) is 5.41 Å². The Morgan fingerprint density at radius 2 is 1.33 bits per heavy atom. The van der Waals surface area contributed by atoms with Gasteiger partial charge in [-0.25, -0.2) is 0 Å². The summed E-state index contributed by atoms with van der Waals surface area (Å²) in [5.41, 5.74) is 9.11. The third-order valence-electron chi connectivity index (χ3n) is 6.68. The molecule has 5 rings (SSSR count). The van der Waals surface area contributed by atoms with Gasteiger partial charge < -0.3 is 36.0 Å². The fourth-order valence-electron chi connectivity index (χ4n) is 5.28. The van der Waals surface area contributed by atoms with E-state index in [-0.39, 0.29) is 42.0 Å². The van der Waals surface area contributed by atoms with Crippen LogP contribution in [-0.2, 0) is 18.5 Å². The van der Waals surface area contributed by atoms with Gasteiger partial charge in [-0.3, -0.25) is 4.79 Å². The Kier molecular flexibility index (Phi) is 4.65. The minimum Gasteiger partial charge on any atom is -0.504 e. The molecule has 0 bridgehead atoms. The lowest BCUT2D eigenvalue weighted by atomic mass is 9.66. The monoisotopic (exact) mass is 447 g/mol. The van der Waals surface area contributed by atoms with Crippen molar-refractivity contribution >= 4 is 11.6 Å². The summed E-state index contributed by atoms with van der Waals surface area (Å²) in [5.74, 6) is -1.15. The molecule has 0 fully saturated rings. The van der Waals surface area contributed by atoms with Crippen molar-refractivity contribution in [3.05, 3.63) is 76.3 Å². The summed E-state index contributed by atoms with van der Waals surface area (Å²) in [7, 11) is 1.94. The fourth-order valence-corrected chi connectivity index (χ4v) is 5.28. The number of likely N-dealkylation sites (N-methyl/N-ethyl adjacent to an activating group) is 1. The third-order valence-corrected chi connectivity index (χ3v) is 6.68. The number of hydrogen-bond donors (Lipinski definition) is 5. The predicted molar refractivity (Wildman–Crippen MR) is 122 cm³/mol. The van der Waals surface area contributed by atoms with Crippen molar-refractivity contribution in [1.29, 1.82) is 0 Å². The maximum absolute atomic E-state index is 13.5. The van der Waals surface area contributed by atoms with Crippen LogP contribution in [0.3, 0.4) is 0 Å². The van der Waals surface area contributed by atoms with Crippen molar-refractivity contribution in [3.8, 4) is 23.0 Å². The number of fused-ring (bicyclic) bond motifs is 4. The first-order valence-electron chi connectivity index (χ1n) is 10.6. The molecule has 1 spiro atoms. The van der Waals surface area contributed by atoms with E-state index in [1.54, 1.807) is 47.4 Å². The quantitative estimate of drug-likeness (QED) is 0.286. The first-order valence-corrected chi connectivity index (χ1v) is 10.6. The second-order valence-corrected chi connectivity index (χ2v) is 9.03. The molecule has 2 heterocycles. The van der Waals surface area contributed by atoms with Gasteiger partial charge in [0, 0.05) is 37.4 Å². The van der Waals surface area contributed by atoms with Gasteiger partial charge in [-0.05, 0) is 77.8 Å². The Hall–Kier alpha value is -3.91. The standard InChI is InChI=1S/C25H25N3O5/c1-27-10-15-6-20(29)22(31)8-18(15)25(12-27)13-28(24(33)14-2-4-17(26)5-3-14)11-16-7-21(30)23(32)9-19(16)25/h2-9,29-32H,10-13,26H2,1H3. The second-order valence-electron chi connectivity index (χ2n) is 9.03. The molecule has 3 aromatic carbocycles. The minimum atomic E-state index is -0.796. The summed E-state index contributed by atoms with van der Waals surface area (Å²) in [6, 6.07) is 12.8. The number of carbonyl (C=O) groups excluding carboxylic acids is 1. The molecule has 8 heteroatoms. The average molecular weight is 447 g/mol. The lowest BCUT2D eigenvalue weighted by molar-refractivity contribution is 0.0654. The van der Waals surface area contributed by atoms with Crippen LogP contribution < -0.4 is 5.73 Å². The van der Waals surface area contributed by atoms with E-state index in [2.05, 4.69) is 4.90 Å². The summed E-state index contributed by atoms with van der Waals surface area (Å²) in [4.78, 5) is 17.3. The topological polar surface area (TPSA) is 130 Å².